The van der Waals surface area contributed by atoms with Crippen molar-refractivity contribution in [2.45, 2.75) is 12.8 Å². The molecule has 0 radical (unpaired) electrons. The number of benzene rings is 2. The molecule has 8 heteroatoms. The molecule has 3 aromatic rings. The van der Waals surface area contributed by atoms with E-state index in [0.717, 1.165) is 16.6 Å². The molecule has 0 aliphatic heterocycles. The van der Waals surface area contributed by atoms with Gasteiger partial charge >= 0.3 is 0 Å². The lowest BCUT2D eigenvalue weighted by atomic mass is 10.1. The second kappa shape index (κ2) is 8.55. The fraction of sp³-hybridized carbons (Fsp3) is 0.150. The maximum absolute atomic E-state index is 13.1. The van der Waals surface area contributed by atoms with Crippen LogP contribution in [0.1, 0.15) is 23.2 Å². The predicted molar refractivity (Wildman–Crippen MR) is 108 cm³/mol. The highest BCUT2D eigenvalue weighted by Gasteiger charge is 2.16. The number of nitrogens with zero attached hydrogens (tertiary/aromatic N) is 4. The molecule has 3 N–H and O–H groups in total. The van der Waals surface area contributed by atoms with Gasteiger partial charge in [-0.3, -0.25) is 0 Å². The highest BCUT2D eigenvalue weighted by atomic mass is 79.9. The number of anilines is 2. The molecule has 0 unspecified atom stereocenters. The number of hydrogen-bond donors (Lipinski definition) is 2. The third-order valence-electron chi connectivity index (χ3n) is 4.18. The van der Waals surface area contributed by atoms with Crippen molar-refractivity contribution in [2.75, 3.05) is 17.6 Å². The van der Waals surface area contributed by atoms with Gasteiger partial charge in [-0.25, -0.2) is 9.07 Å². The smallest absolute Gasteiger partial charge is 0.145 e. The van der Waals surface area contributed by atoms with Crippen molar-refractivity contribution in [2.24, 2.45) is 0 Å². The minimum atomic E-state index is -0.352. The van der Waals surface area contributed by atoms with E-state index in [1.807, 2.05) is 6.07 Å². The number of nitrogen functional groups attached to an aromatic ring is 1. The Morgan fingerprint density at radius 1 is 1.14 bits per heavy atom. The van der Waals surface area contributed by atoms with Crippen molar-refractivity contribution in [1.82, 2.24) is 9.78 Å². The molecule has 2 aromatic carbocycles. The monoisotopic (exact) mass is 438 g/mol. The van der Waals surface area contributed by atoms with Crippen molar-refractivity contribution in [3.8, 4) is 17.8 Å². The van der Waals surface area contributed by atoms with Gasteiger partial charge < -0.3 is 11.1 Å². The van der Waals surface area contributed by atoms with Gasteiger partial charge in [-0.1, -0.05) is 0 Å². The number of halogens is 2. The predicted octanol–water partition coefficient (Wildman–Crippen LogP) is 4.14. The summed E-state index contributed by atoms with van der Waals surface area (Å²) in [6.45, 7) is 0.651. The van der Waals surface area contributed by atoms with Gasteiger partial charge in [0.05, 0.1) is 23.0 Å². The molecule has 0 aliphatic carbocycles. The molecule has 1 heterocycles. The van der Waals surface area contributed by atoms with Crippen molar-refractivity contribution in [3.05, 3.63) is 69.6 Å². The quantitative estimate of drug-likeness (QED) is 0.562. The van der Waals surface area contributed by atoms with E-state index in [1.165, 1.54) is 16.8 Å². The number of nitrogens with two attached hydrogens (primary N) is 1. The third kappa shape index (κ3) is 4.13. The Balaban J connectivity index is 1.68. The lowest BCUT2D eigenvalue weighted by Crippen LogP contribution is -2.05. The maximum Gasteiger partial charge on any atom is 0.145 e. The molecule has 140 valence electrons. The van der Waals surface area contributed by atoms with Gasteiger partial charge in [0, 0.05) is 16.7 Å². The summed E-state index contributed by atoms with van der Waals surface area (Å²) in [6, 6.07) is 15.3. The van der Waals surface area contributed by atoms with E-state index in [0.29, 0.717) is 35.5 Å². The van der Waals surface area contributed by atoms with Crippen LogP contribution in [0.3, 0.4) is 0 Å². The van der Waals surface area contributed by atoms with E-state index in [2.05, 4.69) is 38.5 Å². The number of hydrogen-bond acceptors (Lipinski definition) is 5. The van der Waals surface area contributed by atoms with Crippen LogP contribution in [0.4, 0.5) is 15.9 Å². The summed E-state index contributed by atoms with van der Waals surface area (Å²) in [6.07, 6.45) is 1.28. The molecule has 0 atom stereocenters. The lowest BCUT2D eigenvalue weighted by Gasteiger charge is -2.08. The first kappa shape index (κ1) is 19.4. The van der Waals surface area contributed by atoms with Crippen molar-refractivity contribution in [1.29, 1.82) is 10.5 Å². The van der Waals surface area contributed by atoms with Crippen LogP contribution in [0, 0.1) is 28.5 Å². The third-order valence-corrected chi connectivity index (χ3v) is 4.84. The molecule has 28 heavy (non-hydrogen) atoms. The largest absolute Gasteiger partial charge is 0.384 e. The Bertz CT molecular complexity index is 1080. The fourth-order valence-corrected chi connectivity index (χ4v) is 3.28. The van der Waals surface area contributed by atoms with Crippen LogP contribution in [0.15, 0.2) is 46.9 Å². The zero-order chi connectivity index (χ0) is 20.1. The Hall–Kier alpha value is -3.36. The van der Waals surface area contributed by atoms with Crippen LogP contribution in [-0.2, 0) is 6.42 Å². The summed E-state index contributed by atoms with van der Waals surface area (Å²) in [4.78, 5) is 0. The molecular weight excluding hydrogens is 423 g/mol. The van der Waals surface area contributed by atoms with Gasteiger partial charge in [-0.05, 0) is 71.2 Å². The standard InChI is InChI=1S/C20H16BrFN6/c21-17-10-13(11-23)3-8-19(17)26-9-1-2-18-16(12-24)20(25)28(27-18)15-6-4-14(22)5-7-15/h3-8,10,26H,1-2,9,25H2. The molecule has 0 aliphatic rings. The first-order valence-electron chi connectivity index (χ1n) is 8.50. The van der Waals surface area contributed by atoms with Crippen LogP contribution in [0.2, 0.25) is 0 Å². The average Bonchev–Trinajstić information content (AvgIpc) is 3.02. The molecule has 1 aromatic heterocycles. The van der Waals surface area contributed by atoms with Crippen LogP contribution < -0.4 is 11.1 Å². The van der Waals surface area contributed by atoms with E-state index in [-0.39, 0.29) is 11.6 Å². The van der Waals surface area contributed by atoms with Gasteiger partial charge in [0.25, 0.3) is 0 Å². The van der Waals surface area contributed by atoms with Gasteiger partial charge in [-0.15, -0.1) is 0 Å². The van der Waals surface area contributed by atoms with Gasteiger partial charge in [0.15, 0.2) is 0 Å². The molecule has 3 rings (SSSR count). The van der Waals surface area contributed by atoms with E-state index in [4.69, 9.17) is 11.0 Å². The van der Waals surface area contributed by atoms with E-state index in [9.17, 15) is 9.65 Å². The van der Waals surface area contributed by atoms with Crippen LogP contribution in [-0.4, -0.2) is 16.3 Å². The zero-order valence-electron chi connectivity index (χ0n) is 14.8. The SMILES string of the molecule is N#Cc1ccc(NCCCc2nn(-c3ccc(F)cc3)c(N)c2C#N)c(Br)c1. The molecule has 6 nitrogen and oxygen atoms in total. The number of aryl methyl sites for hydroxylation is 1. The molecular formula is C20H16BrFN6. The normalized spacial score (nSPS) is 10.3. The number of nitriles is 2. The van der Waals surface area contributed by atoms with Crippen molar-refractivity contribution in [3.63, 3.8) is 0 Å². The Morgan fingerprint density at radius 3 is 2.54 bits per heavy atom. The van der Waals surface area contributed by atoms with Crippen LogP contribution >= 0.6 is 15.9 Å². The van der Waals surface area contributed by atoms with Gasteiger partial charge in [0.1, 0.15) is 23.3 Å². The van der Waals surface area contributed by atoms with E-state index < -0.39 is 0 Å². The van der Waals surface area contributed by atoms with E-state index in [1.54, 1.807) is 24.3 Å². The first-order chi connectivity index (χ1) is 13.5. The molecule has 0 fully saturated rings. The molecule has 0 bridgehead atoms. The molecule has 0 spiro atoms. The number of nitrogens with one attached hydrogen (secondary N) is 1. The Labute approximate surface area is 170 Å². The number of aromatic nitrogens is 2. The lowest BCUT2D eigenvalue weighted by molar-refractivity contribution is 0.627. The topological polar surface area (TPSA) is 103 Å². The Kier molecular flexibility index (Phi) is 5.93. The zero-order valence-corrected chi connectivity index (χ0v) is 16.4. The summed E-state index contributed by atoms with van der Waals surface area (Å²) in [5, 5.41) is 26.1. The summed E-state index contributed by atoms with van der Waals surface area (Å²) in [5.74, 6) is -0.109. The molecule has 0 saturated carbocycles. The minimum Gasteiger partial charge on any atom is -0.384 e. The second-order valence-corrected chi connectivity index (χ2v) is 6.90. The minimum absolute atomic E-state index is 0.243. The van der Waals surface area contributed by atoms with Crippen molar-refractivity contribution < 1.29 is 4.39 Å². The summed E-state index contributed by atoms with van der Waals surface area (Å²) >= 11 is 3.44. The van der Waals surface area contributed by atoms with Crippen molar-refractivity contribution >= 4 is 27.4 Å². The number of rotatable bonds is 6. The second-order valence-electron chi connectivity index (χ2n) is 6.04. The fourth-order valence-electron chi connectivity index (χ4n) is 2.76. The summed E-state index contributed by atoms with van der Waals surface area (Å²) in [5.41, 5.74) is 9.07. The maximum atomic E-state index is 13.1. The average molecular weight is 439 g/mol. The molecule has 0 saturated heterocycles. The summed E-state index contributed by atoms with van der Waals surface area (Å²) in [7, 11) is 0. The Morgan fingerprint density at radius 2 is 1.89 bits per heavy atom. The van der Waals surface area contributed by atoms with Crippen LogP contribution in [0.5, 0.6) is 0 Å². The summed E-state index contributed by atoms with van der Waals surface area (Å²) < 4.78 is 15.4. The molecule has 0 amide bonds. The first-order valence-corrected chi connectivity index (χ1v) is 9.29. The highest BCUT2D eigenvalue weighted by molar-refractivity contribution is 9.10. The highest BCUT2D eigenvalue weighted by Crippen LogP contribution is 2.24. The van der Waals surface area contributed by atoms with Crippen LogP contribution in [0.25, 0.3) is 5.69 Å². The van der Waals surface area contributed by atoms with E-state index >= 15 is 0 Å². The van der Waals surface area contributed by atoms with Gasteiger partial charge in [0.2, 0.25) is 0 Å². The van der Waals surface area contributed by atoms with Gasteiger partial charge in [-0.2, -0.15) is 15.6 Å².